The number of aromatic amines is 1. The Morgan fingerprint density at radius 3 is 2.86 bits per heavy atom. The van der Waals surface area contributed by atoms with E-state index < -0.39 is 0 Å². The Balaban J connectivity index is 1.69. The molecule has 3 fully saturated rings. The third-order valence-electron chi connectivity index (χ3n) is 5.26. The first-order chi connectivity index (χ1) is 10.7. The summed E-state index contributed by atoms with van der Waals surface area (Å²) in [4.78, 5) is 17.5. The monoisotopic (exact) mass is 298 g/mol. The quantitative estimate of drug-likeness (QED) is 0.698. The number of carbonyl (C=O) groups excluding carboxylic acids is 1. The molecule has 0 spiro atoms. The highest BCUT2D eigenvalue weighted by molar-refractivity contribution is 5.86. The second kappa shape index (κ2) is 5.43. The van der Waals surface area contributed by atoms with Gasteiger partial charge in [-0.15, -0.1) is 0 Å². The van der Waals surface area contributed by atoms with Gasteiger partial charge in [-0.2, -0.15) is 0 Å². The lowest BCUT2D eigenvalue weighted by atomic mass is 9.75. The summed E-state index contributed by atoms with van der Waals surface area (Å²) in [6.07, 6.45) is 5.17. The summed E-state index contributed by atoms with van der Waals surface area (Å²) in [5.74, 6) is 1.87. The van der Waals surface area contributed by atoms with Gasteiger partial charge in [0.15, 0.2) is 0 Å². The molecule has 4 heterocycles. The Labute approximate surface area is 130 Å². The summed E-state index contributed by atoms with van der Waals surface area (Å²) in [5, 5.41) is 1.21. The SMILES string of the molecule is CCC(=O)Oc1ccc2[nH]cc(C3CN4CCC3CC4)c2c1. The topological polar surface area (TPSA) is 45.3 Å². The van der Waals surface area contributed by atoms with E-state index in [0.717, 1.165) is 18.0 Å². The van der Waals surface area contributed by atoms with Gasteiger partial charge in [-0.1, -0.05) is 6.92 Å². The highest BCUT2D eigenvalue weighted by atomic mass is 16.5. The molecule has 0 aliphatic carbocycles. The highest BCUT2D eigenvalue weighted by Gasteiger charge is 2.35. The van der Waals surface area contributed by atoms with Gasteiger partial charge in [0.05, 0.1) is 0 Å². The van der Waals surface area contributed by atoms with Crippen molar-refractivity contribution in [2.24, 2.45) is 5.92 Å². The van der Waals surface area contributed by atoms with E-state index in [0.29, 0.717) is 18.1 Å². The van der Waals surface area contributed by atoms with E-state index >= 15 is 0 Å². The van der Waals surface area contributed by atoms with Crippen molar-refractivity contribution in [3.8, 4) is 5.75 Å². The number of hydrogen-bond acceptors (Lipinski definition) is 3. The summed E-state index contributed by atoms with van der Waals surface area (Å²) < 4.78 is 5.38. The Bertz CT molecular complexity index is 698. The van der Waals surface area contributed by atoms with Crippen LogP contribution in [0.2, 0.25) is 0 Å². The number of aromatic nitrogens is 1. The van der Waals surface area contributed by atoms with Gasteiger partial charge in [-0.05, 0) is 55.6 Å². The second-order valence-corrected chi connectivity index (χ2v) is 6.52. The van der Waals surface area contributed by atoms with Crippen molar-refractivity contribution in [1.29, 1.82) is 0 Å². The number of ether oxygens (including phenoxy) is 1. The van der Waals surface area contributed by atoms with Crippen molar-refractivity contribution in [3.63, 3.8) is 0 Å². The van der Waals surface area contributed by atoms with Crippen LogP contribution in [0.3, 0.4) is 0 Å². The van der Waals surface area contributed by atoms with E-state index in [1.54, 1.807) is 0 Å². The zero-order valence-electron chi connectivity index (χ0n) is 13.0. The molecule has 3 aliphatic heterocycles. The number of esters is 1. The molecular weight excluding hydrogens is 276 g/mol. The number of nitrogens with zero attached hydrogens (tertiary/aromatic N) is 1. The fraction of sp³-hybridized carbons (Fsp3) is 0.500. The predicted molar refractivity (Wildman–Crippen MR) is 86.1 cm³/mol. The van der Waals surface area contributed by atoms with Gasteiger partial charge < -0.3 is 14.6 Å². The lowest BCUT2D eigenvalue weighted by Crippen LogP contribution is -2.46. The van der Waals surface area contributed by atoms with Crippen molar-refractivity contribution >= 4 is 16.9 Å². The molecule has 2 aromatic rings. The van der Waals surface area contributed by atoms with E-state index in [1.807, 2.05) is 25.1 Å². The molecule has 1 aromatic carbocycles. The van der Waals surface area contributed by atoms with Crippen molar-refractivity contribution in [2.75, 3.05) is 19.6 Å². The molecular formula is C18H22N2O2. The Kier molecular flexibility index (Phi) is 3.41. The van der Waals surface area contributed by atoms with Crippen LogP contribution >= 0.6 is 0 Å². The molecule has 22 heavy (non-hydrogen) atoms. The smallest absolute Gasteiger partial charge is 0.310 e. The number of carbonyl (C=O) groups is 1. The molecule has 1 atom stereocenters. The molecule has 0 amide bonds. The van der Waals surface area contributed by atoms with Crippen LogP contribution in [0, 0.1) is 5.92 Å². The van der Waals surface area contributed by atoms with Crippen LogP contribution in [-0.4, -0.2) is 35.5 Å². The average Bonchev–Trinajstić information content (AvgIpc) is 2.99. The first kappa shape index (κ1) is 13.8. The highest BCUT2D eigenvalue weighted by Crippen LogP contribution is 2.41. The molecule has 1 N–H and O–H groups in total. The van der Waals surface area contributed by atoms with Crippen LogP contribution in [0.15, 0.2) is 24.4 Å². The molecule has 5 rings (SSSR count). The minimum atomic E-state index is -0.181. The summed E-state index contributed by atoms with van der Waals surface area (Å²) in [6, 6.07) is 5.90. The first-order valence-electron chi connectivity index (χ1n) is 8.28. The van der Waals surface area contributed by atoms with Gasteiger partial charge in [-0.3, -0.25) is 4.79 Å². The minimum Gasteiger partial charge on any atom is -0.427 e. The number of benzene rings is 1. The van der Waals surface area contributed by atoms with Crippen LogP contribution in [0.1, 0.15) is 37.7 Å². The Morgan fingerprint density at radius 2 is 2.18 bits per heavy atom. The van der Waals surface area contributed by atoms with Gasteiger partial charge in [0.1, 0.15) is 5.75 Å². The number of hydrogen-bond donors (Lipinski definition) is 1. The van der Waals surface area contributed by atoms with E-state index in [9.17, 15) is 4.79 Å². The number of fused-ring (bicyclic) bond motifs is 4. The maximum absolute atomic E-state index is 11.5. The van der Waals surface area contributed by atoms with Crippen LogP contribution in [0.5, 0.6) is 5.75 Å². The fourth-order valence-electron chi connectivity index (χ4n) is 4.01. The van der Waals surface area contributed by atoms with Crippen molar-refractivity contribution in [3.05, 3.63) is 30.0 Å². The van der Waals surface area contributed by atoms with Gasteiger partial charge in [0.25, 0.3) is 0 Å². The fourth-order valence-corrected chi connectivity index (χ4v) is 4.01. The third-order valence-corrected chi connectivity index (χ3v) is 5.26. The van der Waals surface area contributed by atoms with Gasteiger partial charge >= 0.3 is 5.97 Å². The minimum absolute atomic E-state index is 0.181. The van der Waals surface area contributed by atoms with Crippen LogP contribution in [0.4, 0.5) is 0 Å². The van der Waals surface area contributed by atoms with E-state index in [1.165, 1.54) is 36.9 Å². The molecule has 0 radical (unpaired) electrons. The van der Waals surface area contributed by atoms with Crippen molar-refractivity contribution in [2.45, 2.75) is 32.1 Å². The number of nitrogens with one attached hydrogen (secondary N) is 1. The summed E-state index contributed by atoms with van der Waals surface area (Å²) in [7, 11) is 0. The van der Waals surface area contributed by atoms with Crippen LogP contribution in [0.25, 0.3) is 10.9 Å². The first-order valence-corrected chi connectivity index (χ1v) is 8.28. The molecule has 4 nitrogen and oxygen atoms in total. The van der Waals surface area contributed by atoms with E-state index in [-0.39, 0.29) is 5.97 Å². The summed E-state index contributed by atoms with van der Waals surface area (Å²) in [5.41, 5.74) is 2.52. The predicted octanol–water partition coefficient (Wildman–Crippen LogP) is 3.29. The number of piperidine rings is 3. The Morgan fingerprint density at radius 1 is 1.36 bits per heavy atom. The summed E-state index contributed by atoms with van der Waals surface area (Å²) >= 11 is 0. The Hall–Kier alpha value is -1.81. The average molecular weight is 298 g/mol. The molecule has 4 heteroatoms. The molecule has 0 saturated carbocycles. The lowest BCUT2D eigenvalue weighted by molar-refractivity contribution is -0.134. The van der Waals surface area contributed by atoms with Crippen molar-refractivity contribution in [1.82, 2.24) is 9.88 Å². The molecule has 2 bridgehead atoms. The molecule has 3 aliphatic rings. The number of H-pyrrole nitrogens is 1. The third kappa shape index (κ3) is 2.31. The largest absolute Gasteiger partial charge is 0.427 e. The molecule has 1 aromatic heterocycles. The standard InChI is InChI=1S/C18H22N2O2/c1-2-18(21)22-13-3-4-17-14(9-13)15(10-19-17)16-11-20-7-5-12(16)6-8-20/h3-4,9-10,12,16,19H,2,5-8,11H2,1H3. The van der Waals surface area contributed by atoms with Gasteiger partial charge in [0, 0.05) is 36.0 Å². The number of rotatable bonds is 3. The van der Waals surface area contributed by atoms with Crippen LogP contribution < -0.4 is 4.74 Å². The van der Waals surface area contributed by atoms with E-state index in [2.05, 4.69) is 16.1 Å². The van der Waals surface area contributed by atoms with Gasteiger partial charge in [0.2, 0.25) is 0 Å². The van der Waals surface area contributed by atoms with Gasteiger partial charge in [-0.25, -0.2) is 0 Å². The normalized spacial score (nSPS) is 27.2. The molecule has 1 unspecified atom stereocenters. The second-order valence-electron chi connectivity index (χ2n) is 6.52. The lowest BCUT2D eigenvalue weighted by Gasteiger charge is -2.44. The molecule has 116 valence electrons. The zero-order valence-corrected chi connectivity index (χ0v) is 13.0. The zero-order chi connectivity index (χ0) is 15.1. The molecule has 3 saturated heterocycles. The van der Waals surface area contributed by atoms with Crippen molar-refractivity contribution < 1.29 is 9.53 Å². The summed E-state index contributed by atoms with van der Waals surface area (Å²) in [6.45, 7) is 5.48. The van der Waals surface area contributed by atoms with Crippen LogP contribution in [-0.2, 0) is 4.79 Å². The maximum Gasteiger partial charge on any atom is 0.310 e. The van der Waals surface area contributed by atoms with E-state index in [4.69, 9.17) is 4.74 Å². The maximum atomic E-state index is 11.5.